The molecule has 12 heteroatoms. The molecular formula is C34H53N5O7. The molecule has 0 unspecified atom stereocenters. The quantitative estimate of drug-likeness (QED) is 0.101. The minimum absolute atomic E-state index is 0.0536. The lowest BCUT2D eigenvalue weighted by molar-refractivity contribution is -0.132. The number of hydrogen-bond donors (Lipinski definition) is 3. The van der Waals surface area contributed by atoms with Crippen LogP contribution in [0, 0.1) is 18.8 Å². The summed E-state index contributed by atoms with van der Waals surface area (Å²) in [5.74, 6) is -1.55. The molecule has 2 saturated heterocycles. The lowest BCUT2D eigenvalue weighted by atomic mass is 9.93. The maximum Gasteiger partial charge on any atom is 0.273 e. The van der Waals surface area contributed by atoms with Crippen molar-refractivity contribution in [2.24, 2.45) is 17.0 Å². The number of hydrogen-bond acceptors (Lipinski definition) is 9. The first-order valence-corrected chi connectivity index (χ1v) is 16.0. The number of epoxide rings is 1. The Hall–Kier alpha value is -3.61. The van der Waals surface area contributed by atoms with E-state index in [9.17, 15) is 19.2 Å². The smallest absolute Gasteiger partial charge is 0.273 e. The number of Topliss-reactive ketones (excluding diaryl/α,β-unsaturated/α-hetero) is 1. The Morgan fingerprint density at radius 1 is 1.02 bits per heavy atom. The van der Waals surface area contributed by atoms with Crippen LogP contribution in [-0.2, 0) is 33.5 Å². The van der Waals surface area contributed by atoms with Crippen molar-refractivity contribution in [2.75, 3.05) is 52.6 Å². The molecule has 2 heterocycles. The van der Waals surface area contributed by atoms with Crippen LogP contribution >= 0.6 is 0 Å². The summed E-state index contributed by atoms with van der Waals surface area (Å²) in [4.78, 5) is 58.6. The lowest BCUT2D eigenvalue weighted by Crippen LogP contribution is -2.53. The van der Waals surface area contributed by atoms with Crippen molar-refractivity contribution in [2.45, 2.75) is 72.1 Å². The number of aryl methyl sites for hydroxylation is 1. The fourth-order valence-corrected chi connectivity index (χ4v) is 4.61. The Morgan fingerprint density at radius 3 is 2.15 bits per heavy atom. The SMILES string of the molecule is C=C/C(=N\OCCN1CCOCC1)C(=O)N[C@@H](CC(C)C)C(=O)NCC(=O)N[C@@H](CC(C)C)C(=O)[C@@]1(C)CO1.Cc1ccccc1. The van der Waals surface area contributed by atoms with Crippen LogP contribution in [0.4, 0.5) is 0 Å². The van der Waals surface area contributed by atoms with Crippen molar-refractivity contribution in [1.29, 1.82) is 0 Å². The molecule has 0 saturated carbocycles. The van der Waals surface area contributed by atoms with Gasteiger partial charge in [-0.1, -0.05) is 75.3 Å². The Labute approximate surface area is 273 Å². The van der Waals surface area contributed by atoms with Crippen molar-refractivity contribution in [3.05, 3.63) is 48.6 Å². The Bertz CT molecular complexity index is 1160. The Morgan fingerprint density at radius 2 is 1.63 bits per heavy atom. The molecule has 1 aromatic carbocycles. The fourth-order valence-electron chi connectivity index (χ4n) is 4.61. The van der Waals surface area contributed by atoms with Crippen LogP contribution in [0.25, 0.3) is 0 Å². The molecule has 0 aromatic heterocycles. The summed E-state index contributed by atoms with van der Waals surface area (Å²) in [5, 5.41) is 11.8. The average molecular weight is 644 g/mol. The van der Waals surface area contributed by atoms with Gasteiger partial charge in [0.15, 0.2) is 11.5 Å². The minimum atomic E-state index is -0.907. The first kappa shape index (κ1) is 38.6. The maximum absolute atomic E-state index is 12.9. The molecule has 1 aromatic rings. The van der Waals surface area contributed by atoms with Gasteiger partial charge in [-0.2, -0.15) is 0 Å². The zero-order chi connectivity index (χ0) is 34.1. The van der Waals surface area contributed by atoms with Gasteiger partial charge in [-0.15, -0.1) is 0 Å². The molecule has 0 aliphatic carbocycles. The summed E-state index contributed by atoms with van der Waals surface area (Å²) in [5.41, 5.74) is 0.406. The summed E-state index contributed by atoms with van der Waals surface area (Å²) in [6, 6.07) is 8.65. The fraction of sp³-hybridized carbons (Fsp3) is 0.618. The number of morpholine rings is 1. The van der Waals surface area contributed by atoms with Gasteiger partial charge in [0.2, 0.25) is 11.8 Å². The number of oxime groups is 1. The zero-order valence-corrected chi connectivity index (χ0v) is 28.3. The molecule has 3 atom stereocenters. The molecule has 256 valence electrons. The molecule has 2 fully saturated rings. The maximum atomic E-state index is 12.9. The van der Waals surface area contributed by atoms with E-state index in [1.807, 2.05) is 45.9 Å². The summed E-state index contributed by atoms with van der Waals surface area (Å²) >= 11 is 0. The summed E-state index contributed by atoms with van der Waals surface area (Å²) < 4.78 is 10.6. The van der Waals surface area contributed by atoms with Crippen LogP contribution in [0.5, 0.6) is 0 Å². The summed E-state index contributed by atoms with van der Waals surface area (Å²) in [6.45, 7) is 19.1. The van der Waals surface area contributed by atoms with Gasteiger partial charge in [0, 0.05) is 19.6 Å². The van der Waals surface area contributed by atoms with Gasteiger partial charge < -0.3 is 30.3 Å². The number of rotatable bonds is 17. The van der Waals surface area contributed by atoms with Gasteiger partial charge in [-0.05, 0) is 44.6 Å². The van der Waals surface area contributed by atoms with E-state index < -0.39 is 35.4 Å². The van der Waals surface area contributed by atoms with E-state index in [-0.39, 0.29) is 29.9 Å². The monoisotopic (exact) mass is 643 g/mol. The van der Waals surface area contributed by atoms with Crippen LogP contribution < -0.4 is 16.0 Å². The average Bonchev–Trinajstić information content (AvgIpc) is 3.77. The number of amides is 3. The van der Waals surface area contributed by atoms with Crippen molar-refractivity contribution in [3.8, 4) is 0 Å². The number of ether oxygens (including phenoxy) is 2. The van der Waals surface area contributed by atoms with E-state index in [1.54, 1.807) is 6.92 Å². The first-order chi connectivity index (χ1) is 21.8. The van der Waals surface area contributed by atoms with Crippen LogP contribution in [0.15, 0.2) is 48.1 Å². The van der Waals surface area contributed by atoms with E-state index >= 15 is 0 Å². The number of carbonyl (C=O) groups is 4. The molecular weight excluding hydrogens is 590 g/mol. The van der Waals surface area contributed by atoms with Gasteiger partial charge in [0.1, 0.15) is 18.2 Å². The third kappa shape index (κ3) is 14.7. The van der Waals surface area contributed by atoms with Crippen molar-refractivity contribution < 1.29 is 33.5 Å². The Balaban J connectivity index is 0.000000923. The summed E-state index contributed by atoms with van der Waals surface area (Å²) in [7, 11) is 0. The minimum Gasteiger partial charge on any atom is -0.394 e. The number of nitrogens with zero attached hydrogens (tertiary/aromatic N) is 2. The number of ketones is 1. The molecule has 2 aliphatic heterocycles. The number of benzene rings is 1. The van der Waals surface area contributed by atoms with Gasteiger partial charge in [0.05, 0.1) is 32.4 Å². The highest BCUT2D eigenvalue weighted by molar-refractivity contribution is 6.43. The van der Waals surface area contributed by atoms with Crippen molar-refractivity contribution in [3.63, 3.8) is 0 Å². The molecule has 0 radical (unpaired) electrons. The zero-order valence-electron chi connectivity index (χ0n) is 28.3. The van der Waals surface area contributed by atoms with Crippen LogP contribution in [0.3, 0.4) is 0 Å². The van der Waals surface area contributed by atoms with Gasteiger partial charge >= 0.3 is 0 Å². The standard InChI is InChI=1S/C27H45N5O7.C7H8/c1-7-20(31-39-13-10-32-8-11-37-12-9-32)26(36)30-22(15-19(4)5)25(35)28-16-23(33)29-21(14-18(2)3)24(34)27(6)17-38-27;1-7-5-3-2-4-6-7/h7,18-19,21-22H,1,8-17H2,2-6H3,(H,28,35)(H,29,33)(H,30,36);2-6H,1H3/b31-20+;/t21-,22-,27+;/m0./s1. The highest BCUT2D eigenvalue weighted by Crippen LogP contribution is 2.29. The second-order valence-electron chi connectivity index (χ2n) is 12.6. The van der Waals surface area contributed by atoms with Crippen LogP contribution in [-0.4, -0.2) is 104 Å². The van der Waals surface area contributed by atoms with Gasteiger partial charge in [-0.3, -0.25) is 24.1 Å². The highest BCUT2D eigenvalue weighted by atomic mass is 16.6. The molecule has 3 rings (SSSR count). The number of nitrogens with one attached hydrogen (secondary N) is 3. The first-order valence-electron chi connectivity index (χ1n) is 16.0. The lowest BCUT2D eigenvalue weighted by Gasteiger charge is -2.25. The van der Waals surface area contributed by atoms with E-state index in [2.05, 4.69) is 51.6 Å². The largest absolute Gasteiger partial charge is 0.394 e. The highest BCUT2D eigenvalue weighted by Gasteiger charge is 2.50. The van der Waals surface area contributed by atoms with Crippen LogP contribution in [0.2, 0.25) is 0 Å². The second-order valence-corrected chi connectivity index (χ2v) is 12.6. The van der Waals surface area contributed by atoms with Crippen molar-refractivity contribution in [1.82, 2.24) is 20.9 Å². The predicted molar refractivity (Wildman–Crippen MR) is 177 cm³/mol. The van der Waals surface area contributed by atoms with Gasteiger partial charge in [-0.25, -0.2) is 0 Å². The van der Waals surface area contributed by atoms with E-state index in [0.717, 1.165) is 13.1 Å². The van der Waals surface area contributed by atoms with Gasteiger partial charge in [0.25, 0.3) is 5.91 Å². The third-order valence-electron chi connectivity index (χ3n) is 7.34. The van der Waals surface area contributed by atoms with E-state index in [4.69, 9.17) is 14.3 Å². The predicted octanol–water partition coefficient (Wildman–Crippen LogP) is 2.41. The normalized spacial score (nSPS) is 19.3. The molecule has 3 amide bonds. The molecule has 2 aliphatic rings. The third-order valence-corrected chi connectivity index (χ3v) is 7.34. The summed E-state index contributed by atoms with van der Waals surface area (Å²) in [6.07, 6.45) is 2.06. The van der Waals surface area contributed by atoms with Crippen LogP contribution in [0.1, 0.15) is 53.0 Å². The number of carbonyl (C=O) groups excluding carboxylic acids is 4. The van der Waals surface area contributed by atoms with Crippen molar-refractivity contribution >= 4 is 29.2 Å². The van der Waals surface area contributed by atoms with E-state index in [1.165, 1.54) is 11.6 Å². The second kappa shape index (κ2) is 19.8. The topological polar surface area (TPSA) is 151 Å². The van der Waals surface area contributed by atoms with E-state index in [0.29, 0.717) is 45.8 Å². The molecule has 3 N–H and O–H groups in total. The Kier molecular flexibility index (Phi) is 16.6. The molecule has 12 nitrogen and oxygen atoms in total. The molecule has 46 heavy (non-hydrogen) atoms. The molecule has 0 bridgehead atoms. The molecule has 0 spiro atoms.